The molecule has 0 saturated heterocycles. The molecule has 118 valence electrons. The summed E-state index contributed by atoms with van der Waals surface area (Å²) in [5.41, 5.74) is 0.587. The van der Waals surface area contributed by atoms with Crippen LogP contribution in [0.2, 0.25) is 0 Å². The molecule has 1 amide bonds. The molecule has 1 atom stereocenters. The summed E-state index contributed by atoms with van der Waals surface area (Å²) >= 11 is 0. The number of hydrogen-bond acceptors (Lipinski definition) is 4. The van der Waals surface area contributed by atoms with Crippen molar-refractivity contribution in [2.75, 3.05) is 13.6 Å². The minimum atomic E-state index is -0.627. The van der Waals surface area contributed by atoms with Crippen LogP contribution in [0.25, 0.3) is 0 Å². The molecular weight excluding hydrogens is 282 g/mol. The Morgan fingerprint density at radius 2 is 2.23 bits per heavy atom. The van der Waals surface area contributed by atoms with Crippen LogP contribution < -0.4 is 5.43 Å². The summed E-state index contributed by atoms with van der Waals surface area (Å²) in [5.74, 6) is -0.891. The number of carbonyl (C=O) groups excluding carboxylic acids is 1. The molecule has 0 bridgehead atoms. The maximum absolute atomic E-state index is 12.2. The number of fused-ring (bicyclic) bond motifs is 1. The molecule has 2 rings (SSSR count). The molecule has 1 unspecified atom stereocenters. The number of aromatic hydroxyl groups is 1. The van der Waals surface area contributed by atoms with Crippen LogP contribution in [-0.4, -0.2) is 39.3 Å². The van der Waals surface area contributed by atoms with E-state index in [0.29, 0.717) is 6.54 Å². The first-order valence-electron chi connectivity index (χ1n) is 7.30. The first-order valence-corrected chi connectivity index (χ1v) is 7.30. The van der Waals surface area contributed by atoms with E-state index in [1.807, 2.05) is 19.1 Å². The molecule has 1 aliphatic heterocycles. The highest BCUT2D eigenvalue weighted by Gasteiger charge is 2.32. The van der Waals surface area contributed by atoms with Crippen LogP contribution in [0.3, 0.4) is 0 Å². The van der Waals surface area contributed by atoms with Gasteiger partial charge in [-0.15, -0.1) is 0 Å². The second kappa shape index (κ2) is 6.60. The molecule has 0 fully saturated rings. The highest BCUT2D eigenvalue weighted by atomic mass is 16.3. The topological polar surface area (TPSA) is 75.4 Å². The fraction of sp³-hybridized carbons (Fsp3) is 0.438. The third-order valence-corrected chi connectivity index (χ3v) is 3.81. The highest BCUT2D eigenvalue weighted by Crippen LogP contribution is 2.27. The molecular formula is C16H21N3O3. The van der Waals surface area contributed by atoms with Crippen molar-refractivity contribution in [2.24, 2.45) is 0 Å². The molecule has 1 N–H and O–H groups in total. The summed E-state index contributed by atoms with van der Waals surface area (Å²) < 4.78 is 1.49. The van der Waals surface area contributed by atoms with Gasteiger partial charge in [0.1, 0.15) is 0 Å². The maximum Gasteiger partial charge on any atom is 0.275 e. The van der Waals surface area contributed by atoms with Gasteiger partial charge in [-0.05, 0) is 26.7 Å². The Bertz CT molecular complexity index is 688. The molecule has 1 aromatic rings. The van der Waals surface area contributed by atoms with Crippen LogP contribution in [0.4, 0.5) is 0 Å². The average Bonchev–Trinajstić information content (AvgIpc) is 2.50. The minimum absolute atomic E-state index is 0.0127. The highest BCUT2D eigenvalue weighted by molar-refractivity contribution is 5.95. The number of rotatable bonds is 4. The smallest absolute Gasteiger partial charge is 0.275 e. The Balaban J connectivity index is 2.29. The lowest BCUT2D eigenvalue weighted by Crippen LogP contribution is -2.43. The number of carbonyl (C=O) groups is 1. The summed E-state index contributed by atoms with van der Waals surface area (Å²) in [4.78, 5) is 25.2. The zero-order valence-electron chi connectivity index (χ0n) is 13.1. The van der Waals surface area contributed by atoms with E-state index < -0.39 is 11.2 Å². The zero-order valence-corrected chi connectivity index (χ0v) is 13.1. The Labute approximate surface area is 129 Å². The lowest BCUT2D eigenvalue weighted by molar-refractivity contribution is 0.0691. The Morgan fingerprint density at radius 1 is 1.50 bits per heavy atom. The number of likely N-dealkylation sites (N-methyl/N-ethyl adjacent to an activating group) is 1. The van der Waals surface area contributed by atoms with Gasteiger partial charge in [-0.1, -0.05) is 23.8 Å². The average molecular weight is 303 g/mol. The van der Waals surface area contributed by atoms with E-state index >= 15 is 0 Å². The first kappa shape index (κ1) is 16.0. The van der Waals surface area contributed by atoms with Crippen LogP contribution in [0.15, 0.2) is 34.8 Å². The van der Waals surface area contributed by atoms with Gasteiger partial charge in [-0.3, -0.25) is 14.3 Å². The van der Waals surface area contributed by atoms with Crippen molar-refractivity contribution in [3.05, 3.63) is 45.9 Å². The lowest BCUT2D eigenvalue weighted by atomic mass is 10.0. The number of nitrogens with zero attached hydrogens (tertiary/aromatic N) is 3. The largest absolute Gasteiger partial charge is 0.502 e. The quantitative estimate of drug-likeness (QED) is 0.862. The van der Waals surface area contributed by atoms with Crippen LogP contribution in [-0.2, 0) is 0 Å². The van der Waals surface area contributed by atoms with Crippen LogP contribution in [0.1, 0.15) is 43.2 Å². The van der Waals surface area contributed by atoms with Gasteiger partial charge in [0.2, 0.25) is 5.43 Å². The van der Waals surface area contributed by atoms with E-state index in [0.717, 1.165) is 19.0 Å². The molecule has 0 saturated carbocycles. The van der Waals surface area contributed by atoms with E-state index in [4.69, 9.17) is 0 Å². The molecule has 0 aromatic carbocycles. The predicted octanol–water partition coefficient (Wildman–Crippen LogP) is 1.88. The summed E-state index contributed by atoms with van der Waals surface area (Å²) in [6.45, 7) is 4.53. The van der Waals surface area contributed by atoms with Crippen LogP contribution >= 0.6 is 0 Å². The van der Waals surface area contributed by atoms with Crippen molar-refractivity contribution in [1.82, 2.24) is 14.7 Å². The molecule has 0 aliphatic carbocycles. The minimum Gasteiger partial charge on any atom is -0.502 e. The lowest BCUT2D eigenvalue weighted by Gasteiger charge is -2.32. The standard InChI is InChI=1S/C16H21N3O3/c1-4-5-6-11(2)7-8-12-10-18(3)16(22)14-15(21)13(20)9-17-19(12)14/h4-6,9,12,21H,7-8,10H2,1-3H3/b5-4-,11-6+. The van der Waals surface area contributed by atoms with Crippen molar-refractivity contribution in [1.29, 1.82) is 0 Å². The van der Waals surface area contributed by atoms with Crippen molar-refractivity contribution < 1.29 is 9.90 Å². The van der Waals surface area contributed by atoms with Gasteiger partial charge in [-0.25, -0.2) is 0 Å². The normalized spacial score (nSPS) is 18.9. The fourth-order valence-corrected chi connectivity index (χ4v) is 2.54. The van der Waals surface area contributed by atoms with Gasteiger partial charge >= 0.3 is 0 Å². The predicted molar refractivity (Wildman–Crippen MR) is 84.0 cm³/mol. The second-order valence-electron chi connectivity index (χ2n) is 5.57. The van der Waals surface area contributed by atoms with E-state index in [9.17, 15) is 14.7 Å². The molecule has 2 heterocycles. The molecule has 1 aromatic heterocycles. The molecule has 6 nitrogen and oxygen atoms in total. The van der Waals surface area contributed by atoms with Crippen molar-refractivity contribution >= 4 is 5.91 Å². The van der Waals surface area contributed by atoms with Gasteiger partial charge in [0.25, 0.3) is 5.91 Å². The van der Waals surface area contributed by atoms with Crippen LogP contribution in [0.5, 0.6) is 5.75 Å². The monoisotopic (exact) mass is 303 g/mol. The summed E-state index contributed by atoms with van der Waals surface area (Å²) in [5, 5.41) is 14.0. The molecule has 1 aliphatic rings. The number of amides is 1. The summed E-state index contributed by atoms with van der Waals surface area (Å²) in [6.07, 6.45) is 8.70. The SMILES string of the molecule is C/C=C\C=C(/C)CCC1CN(C)C(=O)c2c(O)c(=O)cnn21. The van der Waals surface area contributed by atoms with Crippen LogP contribution in [0, 0.1) is 0 Å². The Hall–Kier alpha value is -2.37. The summed E-state index contributed by atoms with van der Waals surface area (Å²) in [7, 11) is 1.66. The Morgan fingerprint density at radius 3 is 2.91 bits per heavy atom. The van der Waals surface area contributed by atoms with Gasteiger partial charge in [0.15, 0.2) is 11.4 Å². The first-order chi connectivity index (χ1) is 10.5. The third-order valence-electron chi connectivity index (χ3n) is 3.81. The number of aromatic nitrogens is 2. The maximum atomic E-state index is 12.2. The van der Waals surface area contributed by atoms with E-state index in [-0.39, 0.29) is 17.6 Å². The Kier molecular flexibility index (Phi) is 4.80. The molecule has 22 heavy (non-hydrogen) atoms. The van der Waals surface area contributed by atoms with Crippen molar-refractivity contribution in [2.45, 2.75) is 32.7 Å². The molecule has 6 heteroatoms. The molecule has 0 spiro atoms. The number of allylic oxidation sites excluding steroid dienone is 4. The van der Waals surface area contributed by atoms with E-state index in [1.165, 1.54) is 15.2 Å². The molecule has 0 radical (unpaired) electrons. The van der Waals surface area contributed by atoms with E-state index in [2.05, 4.69) is 18.1 Å². The second-order valence-corrected chi connectivity index (χ2v) is 5.57. The van der Waals surface area contributed by atoms with Gasteiger partial charge in [0, 0.05) is 13.6 Å². The van der Waals surface area contributed by atoms with Gasteiger partial charge in [0.05, 0.1) is 12.2 Å². The van der Waals surface area contributed by atoms with Crippen molar-refractivity contribution in [3.63, 3.8) is 0 Å². The van der Waals surface area contributed by atoms with Crippen molar-refractivity contribution in [3.8, 4) is 5.75 Å². The fourth-order valence-electron chi connectivity index (χ4n) is 2.54. The summed E-state index contributed by atoms with van der Waals surface area (Å²) in [6, 6.07) is -0.0573. The zero-order chi connectivity index (χ0) is 16.3. The number of hydrogen-bond donors (Lipinski definition) is 1. The van der Waals surface area contributed by atoms with Gasteiger partial charge < -0.3 is 10.0 Å². The van der Waals surface area contributed by atoms with Gasteiger partial charge in [-0.2, -0.15) is 5.10 Å². The third kappa shape index (κ3) is 3.10. The van der Waals surface area contributed by atoms with E-state index in [1.54, 1.807) is 7.05 Å².